The third-order valence-electron chi connectivity index (χ3n) is 1.94. The number of hydrogen-bond acceptors (Lipinski definition) is 5. The van der Waals surface area contributed by atoms with Crippen LogP contribution in [0, 0.1) is 0 Å². The topological polar surface area (TPSA) is 95.8 Å². The molecule has 2 amide bonds. The molecule has 0 spiro atoms. The lowest BCUT2D eigenvalue weighted by Crippen LogP contribution is -2.21. The summed E-state index contributed by atoms with van der Waals surface area (Å²) in [7, 11) is 0. The molecule has 7 heteroatoms. The first-order valence-corrected chi connectivity index (χ1v) is 5.33. The van der Waals surface area contributed by atoms with Gasteiger partial charge in [0, 0.05) is 0 Å². The molecule has 0 aromatic heterocycles. The van der Waals surface area contributed by atoms with E-state index >= 15 is 0 Å². The number of benzene rings is 1. The molecule has 1 aromatic rings. The van der Waals surface area contributed by atoms with Crippen molar-refractivity contribution in [1.82, 2.24) is 5.32 Å². The van der Waals surface area contributed by atoms with Gasteiger partial charge in [-0.15, -0.1) is 0 Å². The van der Waals surface area contributed by atoms with E-state index in [0.29, 0.717) is 17.4 Å². The second-order valence-corrected chi connectivity index (χ2v) is 4.07. The second kappa shape index (κ2) is 4.38. The summed E-state index contributed by atoms with van der Waals surface area (Å²) >= 11 is 0.713. The molecule has 1 aliphatic rings. The number of aromatic carboxylic acids is 1. The number of hydrogen-bond donors (Lipinski definition) is 2. The fraction of sp³-hybridized carbons (Fsp3) is 0. The quantitative estimate of drug-likeness (QED) is 0.827. The van der Waals surface area contributed by atoms with Crippen molar-refractivity contribution in [2.75, 3.05) is 0 Å². The maximum absolute atomic E-state index is 11.2. The van der Waals surface area contributed by atoms with Crippen LogP contribution in [0.25, 0.3) is 0 Å². The Labute approximate surface area is 99.7 Å². The molecule has 1 aromatic carbocycles. The summed E-state index contributed by atoms with van der Waals surface area (Å²) in [5, 5.41) is 10.4. The van der Waals surface area contributed by atoms with Crippen LogP contribution in [0.2, 0.25) is 0 Å². The SMILES string of the molecule is O=C1NC(=O)C(=Nc2ccc(C(=O)O)cc2)S1. The van der Waals surface area contributed by atoms with E-state index in [2.05, 4.69) is 10.3 Å². The van der Waals surface area contributed by atoms with Crippen LogP contribution >= 0.6 is 11.8 Å². The zero-order valence-electron chi connectivity index (χ0n) is 8.34. The summed E-state index contributed by atoms with van der Waals surface area (Å²) in [5.74, 6) is -1.57. The molecule has 0 unspecified atom stereocenters. The summed E-state index contributed by atoms with van der Waals surface area (Å²) in [6.07, 6.45) is 0. The van der Waals surface area contributed by atoms with E-state index in [1.807, 2.05) is 0 Å². The van der Waals surface area contributed by atoms with Crippen molar-refractivity contribution in [3.8, 4) is 0 Å². The number of nitrogens with zero attached hydrogens (tertiary/aromatic N) is 1. The van der Waals surface area contributed by atoms with Crippen LogP contribution in [0.15, 0.2) is 29.3 Å². The van der Waals surface area contributed by atoms with Crippen LogP contribution in [0.1, 0.15) is 10.4 Å². The smallest absolute Gasteiger partial charge is 0.335 e. The molecular formula is C10H6N2O4S. The summed E-state index contributed by atoms with van der Waals surface area (Å²) in [6.45, 7) is 0. The largest absolute Gasteiger partial charge is 0.478 e. The van der Waals surface area contributed by atoms with Gasteiger partial charge < -0.3 is 5.11 Å². The average molecular weight is 250 g/mol. The van der Waals surface area contributed by atoms with Crippen LogP contribution in [-0.4, -0.2) is 27.3 Å². The van der Waals surface area contributed by atoms with Gasteiger partial charge in [0.15, 0.2) is 5.04 Å². The Morgan fingerprint density at radius 1 is 1.24 bits per heavy atom. The van der Waals surface area contributed by atoms with E-state index in [9.17, 15) is 14.4 Å². The van der Waals surface area contributed by atoms with Gasteiger partial charge in [-0.1, -0.05) is 0 Å². The highest BCUT2D eigenvalue weighted by Gasteiger charge is 2.26. The summed E-state index contributed by atoms with van der Waals surface area (Å²) in [5.41, 5.74) is 0.552. The standard InChI is InChI=1S/C10H6N2O4S/c13-7-8(17-10(16)12-7)11-6-3-1-5(2-4-6)9(14)15/h1-4H,(H,14,15)(H,12,13,16). The number of carbonyl (C=O) groups is 3. The fourth-order valence-corrected chi connectivity index (χ4v) is 1.79. The van der Waals surface area contributed by atoms with Crippen molar-refractivity contribution in [3.05, 3.63) is 29.8 Å². The van der Waals surface area contributed by atoms with Gasteiger partial charge in [0.1, 0.15) is 0 Å². The maximum atomic E-state index is 11.2. The van der Waals surface area contributed by atoms with E-state index in [1.54, 1.807) is 0 Å². The third kappa shape index (κ3) is 2.51. The first kappa shape index (κ1) is 11.3. The lowest BCUT2D eigenvalue weighted by Gasteiger charge is -1.96. The van der Waals surface area contributed by atoms with Crippen LogP contribution < -0.4 is 5.32 Å². The number of carboxylic acids is 1. The van der Waals surface area contributed by atoms with E-state index in [4.69, 9.17) is 5.11 Å². The van der Waals surface area contributed by atoms with Crippen molar-refractivity contribution < 1.29 is 19.5 Å². The van der Waals surface area contributed by atoms with Crippen molar-refractivity contribution in [2.45, 2.75) is 0 Å². The Hall–Kier alpha value is -2.15. The number of imide groups is 1. The van der Waals surface area contributed by atoms with Gasteiger partial charge >= 0.3 is 5.97 Å². The lowest BCUT2D eigenvalue weighted by molar-refractivity contribution is -0.113. The van der Waals surface area contributed by atoms with Gasteiger partial charge in [-0.2, -0.15) is 0 Å². The van der Waals surface area contributed by atoms with E-state index in [-0.39, 0.29) is 10.6 Å². The van der Waals surface area contributed by atoms with Crippen LogP contribution in [0.3, 0.4) is 0 Å². The summed E-state index contributed by atoms with van der Waals surface area (Å²) in [6, 6.07) is 5.68. The van der Waals surface area contributed by atoms with Gasteiger partial charge in [-0.3, -0.25) is 14.9 Å². The van der Waals surface area contributed by atoms with Crippen molar-refractivity contribution in [1.29, 1.82) is 0 Å². The monoisotopic (exact) mass is 250 g/mol. The molecule has 1 aliphatic heterocycles. The average Bonchev–Trinajstić information content (AvgIpc) is 2.58. The van der Waals surface area contributed by atoms with Crippen LogP contribution in [-0.2, 0) is 4.79 Å². The Bertz CT molecular complexity index is 536. The number of nitrogens with one attached hydrogen (secondary N) is 1. The molecule has 1 saturated heterocycles. The number of amides is 2. The Kier molecular flexibility index (Phi) is 2.92. The summed E-state index contributed by atoms with van der Waals surface area (Å²) < 4.78 is 0. The Morgan fingerprint density at radius 3 is 2.35 bits per heavy atom. The molecule has 0 radical (unpaired) electrons. The molecular weight excluding hydrogens is 244 g/mol. The van der Waals surface area contributed by atoms with Gasteiger partial charge in [-0.05, 0) is 36.0 Å². The molecule has 1 fully saturated rings. The molecule has 6 nitrogen and oxygen atoms in total. The third-order valence-corrected chi connectivity index (χ3v) is 2.70. The molecule has 0 aliphatic carbocycles. The zero-order chi connectivity index (χ0) is 12.4. The van der Waals surface area contributed by atoms with Gasteiger partial charge in [-0.25, -0.2) is 9.79 Å². The minimum Gasteiger partial charge on any atom is -0.478 e. The van der Waals surface area contributed by atoms with Crippen molar-refractivity contribution in [3.63, 3.8) is 0 Å². The van der Waals surface area contributed by atoms with E-state index < -0.39 is 17.1 Å². The predicted molar refractivity (Wildman–Crippen MR) is 61.6 cm³/mol. The molecule has 2 rings (SSSR count). The Balaban J connectivity index is 2.24. The Morgan fingerprint density at radius 2 is 1.88 bits per heavy atom. The first-order chi connectivity index (χ1) is 8.06. The molecule has 2 N–H and O–H groups in total. The molecule has 0 bridgehead atoms. The molecule has 1 heterocycles. The van der Waals surface area contributed by atoms with Crippen LogP contribution in [0.5, 0.6) is 0 Å². The highest BCUT2D eigenvalue weighted by molar-refractivity contribution is 8.28. The lowest BCUT2D eigenvalue weighted by atomic mass is 10.2. The second-order valence-electron chi connectivity index (χ2n) is 3.11. The molecule has 86 valence electrons. The number of thioether (sulfide) groups is 1. The normalized spacial score (nSPS) is 17.3. The summed E-state index contributed by atoms with van der Waals surface area (Å²) in [4.78, 5) is 36.6. The van der Waals surface area contributed by atoms with Gasteiger partial charge in [0.25, 0.3) is 11.1 Å². The maximum Gasteiger partial charge on any atom is 0.335 e. The first-order valence-electron chi connectivity index (χ1n) is 4.51. The highest BCUT2D eigenvalue weighted by Crippen LogP contribution is 2.20. The van der Waals surface area contributed by atoms with Gasteiger partial charge in [0.2, 0.25) is 0 Å². The van der Waals surface area contributed by atoms with Crippen molar-refractivity contribution >= 4 is 39.6 Å². The minimum absolute atomic E-state index is 0.0538. The van der Waals surface area contributed by atoms with E-state index in [1.165, 1.54) is 24.3 Å². The zero-order valence-corrected chi connectivity index (χ0v) is 9.15. The number of aliphatic imine (C=N–C) groups is 1. The minimum atomic E-state index is -1.03. The number of carbonyl (C=O) groups excluding carboxylic acids is 2. The van der Waals surface area contributed by atoms with E-state index in [0.717, 1.165) is 0 Å². The fourth-order valence-electron chi connectivity index (χ4n) is 1.18. The number of carboxylic acid groups (broad SMARTS) is 1. The highest BCUT2D eigenvalue weighted by atomic mass is 32.2. The molecule has 0 atom stereocenters. The number of rotatable bonds is 2. The van der Waals surface area contributed by atoms with Gasteiger partial charge in [0.05, 0.1) is 11.3 Å². The molecule has 17 heavy (non-hydrogen) atoms. The predicted octanol–water partition coefficient (Wildman–Crippen LogP) is 1.40. The molecule has 0 saturated carbocycles. The van der Waals surface area contributed by atoms with Crippen molar-refractivity contribution in [2.24, 2.45) is 4.99 Å². The van der Waals surface area contributed by atoms with Crippen LogP contribution in [0.4, 0.5) is 10.5 Å².